The van der Waals surface area contributed by atoms with E-state index in [1.165, 1.54) is 4.57 Å². The van der Waals surface area contributed by atoms with Crippen LogP contribution >= 0.6 is 0 Å². The van der Waals surface area contributed by atoms with Gasteiger partial charge in [-0.1, -0.05) is 0 Å². The first-order chi connectivity index (χ1) is 3.83. The van der Waals surface area contributed by atoms with Crippen LogP contribution in [-0.4, -0.2) is 26.6 Å². The minimum absolute atomic E-state index is 0.384. The molecule has 0 N–H and O–H groups in total. The summed E-state index contributed by atoms with van der Waals surface area (Å²) in [6.45, 7) is 2.02. The molecule has 2 nitrogen and oxygen atoms in total. The second-order valence-corrected chi connectivity index (χ2v) is 3.91. The molecule has 8 heavy (non-hydrogen) atoms. The molecular weight excluding hydrogens is 169 g/mol. The van der Waals surface area contributed by atoms with Gasteiger partial charge in [0, 0.05) is 0 Å². The molecule has 0 saturated heterocycles. The molecule has 0 saturated carbocycles. The molecule has 0 amide bonds. The summed E-state index contributed by atoms with van der Waals surface area (Å²) in [5, 5.41) is 0. The Hall–Kier alpha value is -0.271. The van der Waals surface area contributed by atoms with E-state index in [-0.39, 0.29) is 0 Å². The summed E-state index contributed by atoms with van der Waals surface area (Å²) < 4.78 is 7.17. The first kappa shape index (κ1) is 5.86. The van der Waals surface area contributed by atoms with Gasteiger partial charge in [0.05, 0.1) is 0 Å². The number of nitrogens with zero attached hydrogens (tertiary/aromatic N) is 1. The van der Waals surface area contributed by atoms with Gasteiger partial charge in [0.15, 0.2) is 0 Å². The molecule has 0 atom stereocenters. The van der Waals surface area contributed by atoms with Gasteiger partial charge in [-0.2, -0.15) is 0 Å². The molecule has 3 heteroatoms. The van der Waals surface area contributed by atoms with E-state index in [1.54, 1.807) is 13.3 Å². The Balaban J connectivity index is 2.84. The van der Waals surface area contributed by atoms with Crippen LogP contribution in [0.25, 0.3) is 0 Å². The van der Waals surface area contributed by atoms with Crippen LogP contribution in [0.3, 0.4) is 0 Å². The first-order valence-electron chi connectivity index (χ1n) is 2.29. The number of rotatable bonds is 1. The Morgan fingerprint density at radius 1 is 1.75 bits per heavy atom. The second kappa shape index (κ2) is 2.33. The van der Waals surface area contributed by atoms with Gasteiger partial charge in [-0.3, -0.25) is 0 Å². The number of methoxy groups -OCH3 is 1. The zero-order valence-corrected chi connectivity index (χ0v) is 6.55. The van der Waals surface area contributed by atoms with Crippen molar-refractivity contribution < 1.29 is 4.74 Å². The van der Waals surface area contributed by atoms with E-state index in [0.29, 0.717) is 14.5 Å². The molecule has 0 aliphatic carbocycles. The van der Waals surface area contributed by atoms with E-state index in [2.05, 4.69) is 4.98 Å². The van der Waals surface area contributed by atoms with Crippen molar-refractivity contribution in [1.82, 2.24) is 4.98 Å². The molecule has 1 heterocycles. The Labute approximate surface area is 54.3 Å². The third-order valence-electron chi connectivity index (χ3n) is 0.801. The van der Waals surface area contributed by atoms with Crippen LogP contribution in [0, 0.1) is 6.92 Å². The fourth-order valence-electron chi connectivity index (χ4n) is 0.436. The predicted octanol–water partition coefficient (Wildman–Crippen LogP) is 0.456. The first-order valence-corrected chi connectivity index (χ1v) is 4.00. The van der Waals surface area contributed by atoms with E-state index in [1.807, 2.05) is 6.92 Å². The minimum atomic E-state index is 0.384. The Bertz CT molecular complexity index is 173. The third kappa shape index (κ3) is 1.11. The fourth-order valence-corrected chi connectivity index (χ4v) is 1.66. The number of ether oxygens (including phenoxy) is 1. The number of hydrogen-bond donors (Lipinski definition) is 0. The summed E-state index contributed by atoms with van der Waals surface area (Å²) in [6, 6.07) is 0. The van der Waals surface area contributed by atoms with Gasteiger partial charge in [-0.05, 0) is 0 Å². The van der Waals surface area contributed by atoms with E-state index >= 15 is 0 Å². The number of aryl methyl sites for hydroxylation is 1. The SMILES string of the molecule is COc1cnc(C)[se]1. The summed E-state index contributed by atoms with van der Waals surface area (Å²) in [5.41, 5.74) is 0. The number of aromatic nitrogens is 1. The molecule has 1 aromatic rings. The fraction of sp³-hybridized carbons (Fsp3) is 0.400. The van der Waals surface area contributed by atoms with Crippen molar-refractivity contribution in [1.29, 1.82) is 0 Å². The molecule has 0 fully saturated rings. The summed E-state index contributed by atoms with van der Waals surface area (Å²) in [7, 11) is 1.68. The topological polar surface area (TPSA) is 22.1 Å². The second-order valence-electron chi connectivity index (χ2n) is 1.40. The molecule has 0 spiro atoms. The van der Waals surface area contributed by atoms with Crippen molar-refractivity contribution in [2.45, 2.75) is 6.92 Å². The van der Waals surface area contributed by atoms with Gasteiger partial charge < -0.3 is 0 Å². The van der Waals surface area contributed by atoms with E-state index in [4.69, 9.17) is 4.74 Å². The van der Waals surface area contributed by atoms with Gasteiger partial charge in [0.1, 0.15) is 0 Å². The molecule has 44 valence electrons. The monoisotopic (exact) mass is 177 g/mol. The van der Waals surface area contributed by atoms with Gasteiger partial charge in [0.25, 0.3) is 0 Å². The van der Waals surface area contributed by atoms with Crippen LogP contribution in [0.4, 0.5) is 0 Å². The molecule has 0 aliphatic heterocycles. The molecular formula is C5H7NOSe. The van der Waals surface area contributed by atoms with Gasteiger partial charge >= 0.3 is 53.6 Å². The van der Waals surface area contributed by atoms with Crippen LogP contribution in [0.5, 0.6) is 4.62 Å². The summed E-state index contributed by atoms with van der Waals surface area (Å²) in [5.74, 6) is 0. The predicted molar refractivity (Wildman–Crippen MR) is 32.5 cm³/mol. The Morgan fingerprint density at radius 3 is 2.75 bits per heavy atom. The van der Waals surface area contributed by atoms with E-state index in [9.17, 15) is 0 Å². The van der Waals surface area contributed by atoms with Crippen LogP contribution in [-0.2, 0) is 0 Å². The van der Waals surface area contributed by atoms with Crippen molar-refractivity contribution in [3.8, 4) is 4.62 Å². The molecule has 0 bridgehead atoms. The zero-order chi connectivity index (χ0) is 5.98. The van der Waals surface area contributed by atoms with E-state index < -0.39 is 0 Å². The summed E-state index contributed by atoms with van der Waals surface area (Å²) in [4.78, 5) is 4.05. The molecule has 0 unspecified atom stereocenters. The quantitative estimate of drug-likeness (QED) is 0.580. The average Bonchev–Trinajstić information content (AvgIpc) is 2.14. The Morgan fingerprint density at radius 2 is 2.50 bits per heavy atom. The van der Waals surface area contributed by atoms with Crippen LogP contribution < -0.4 is 4.74 Å². The van der Waals surface area contributed by atoms with Gasteiger partial charge in [-0.25, -0.2) is 0 Å². The van der Waals surface area contributed by atoms with Gasteiger partial charge in [-0.15, -0.1) is 0 Å². The van der Waals surface area contributed by atoms with Crippen LogP contribution in [0.2, 0.25) is 0 Å². The molecule has 0 aliphatic rings. The number of hydrogen-bond acceptors (Lipinski definition) is 2. The standard InChI is InChI=1S/C5H7NOSe/c1-4-6-3-5(7-2)8-4/h3H,1-2H3. The maximum absolute atomic E-state index is 4.96. The molecule has 0 radical (unpaired) electrons. The summed E-state index contributed by atoms with van der Waals surface area (Å²) >= 11 is 0.384. The van der Waals surface area contributed by atoms with Crippen molar-refractivity contribution in [3.63, 3.8) is 0 Å². The van der Waals surface area contributed by atoms with Crippen LogP contribution in [0.1, 0.15) is 4.57 Å². The van der Waals surface area contributed by atoms with Gasteiger partial charge in [0.2, 0.25) is 0 Å². The molecule has 1 aromatic heterocycles. The van der Waals surface area contributed by atoms with Crippen molar-refractivity contribution in [3.05, 3.63) is 10.8 Å². The van der Waals surface area contributed by atoms with Crippen molar-refractivity contribution in [2.75, 3.05) is 7.11 Å². The zero-order valence-electron chi connectivity index (χ0n) is 4.84. The van der Waals surface area contributed by atoms with E-state index in [0.717, 1.165) is 4.62 Å². The average molecular weight is 176 g/mol. The maximum atomic E-state index is 4.96. The third-order valence-corrected chi connectivity index (χ3v) is 2.64. The Kier molecular flexibility index (Phi) is 1.71. The normalized spacial score (nSPS) is 9.25. The van der Waals surface area contributed by atoms with Crippen molar-refractivity contribution >= 4 is 14.5 Å². The van der Waals surface area contributed by atoms with Crippen LogP contribution in [0.15, 0.2) is 6.20 Å². The van der Waals surface area contributed by atoms with Crippen molar-refractivity contribution in [2.24, 2.45) is 0 Å². The molecule has 1 rings (SSSR count). The molecule has 0 aromatic carbocycles. The summed E-state index contributed by atoms with van der Waals surface area (Å²) in [6.07, 6.45) is 1.79.